The van der Waals surface area contributed by atoms with Crippen molar-refractivity contribution in [1.82, 2.24) is 4.98 Å². The number of pyridine rings is 1. The summed E-state index contributed by atoms with van der Waals surface area (Å²) in [4.78, 5) is 4.31. The highest BCUT2D eigenvalue weighted by atomic mass is 19.1. The molecule has 0 spiro atoms. The molecule has 0 N–H and O–H groups in total. The lowest BCUT2D eigenvalue weighted by Crippen LogP contribution is -1.97. The monoisotopic (exact) mass is 277 g/mol. The molecule has 0 fully saturated rings. The number of rotatable bonds is 3. The molecule has 0 amide bonds. The van der Waals surface area contributed by atoms with Crippen LogP contribution in [0.5, 0.6) is 0 Å². The van der Waals surface area contributed by atoms with Crippen molar-refractivity contribution >= 4 is 0 Å². The molecule has 0 aliphatic rings. The second-order valence-electron chi connectivity index (χ2n) is 5.09. The third-order valence-electron chi connectivity index (χ3n) is 3.73. The minimum Gasteiger partial charge on any atom is -0.256 e. The molecule has 1 heterocycles. The summed E-state index contributed by atoms with van der Waals surface area (Å²) < 4.78 is 13.9. The van der Waals surface area contributed by atoms with Crippen molar-refractivity contribution in [3.05, 3.63) is 89.9 Å². The molecule has 0 radical (unpaired) electrons. The van der Waals surface area contributed by atoms with E-state index in [4.69, 9.17) is 0 Å². The first-order chi connectivity index (χ1) is 10.3. The van der Waals surface area contributed by atoms with Crippen LogP contribution in [0.2, 0.25) is 0 Å². The molecular formula is C19H16FN. The lowest BCUT2D eigenvalue weighted by molar-refractivity contribution is 0.630. The van der Waals surface area contributed by atoms with Crippen molar-refractivity contribution in [1.29, 1.82) is 0 Å². The average Bonchev–Trinajstić information content (AvgIpc) is 2.55. The smallest absolute Gasteiger partial charge is 0.132 e. The van der Waals surface area contributed by atoms with E-state index in [9.17, 15) is 4.39 Å². The quantitative estimate of drug-likeness (QED) is 0.653. The molecule has 3 aromatic rings. The number of benzene rings is 2. The van der Waals surface area contributed by atoms with Crippen LogP contribution in [-0.2, 0) is 0 Å². The molecule has 0 bridgehead atoms. The maximum Gasteiger partial charge on any atom is 0.132 e. The van der Waals surface area contributed by atoms with E-state index in [1.807, 2.05) is 36.4 Å². The lowest BCUT2D eigenvalue weighted by Gasteiger charge is -2.13. The fourth-order valence-corrected chi connectivity index (χ4v) is 2.47. The zero-order chi connectivity index (χ0) is 14.7. The Labute approximate surface area is 124 Å². The van der Waals surface area contributed by atoms with E-state index >= 15 is 0 Å². The standard InChI is InChI=1S/C19H16FN/c1-14(15-7-3-2-4-8-15)16-11-12-21-19(13-16)17-9-5-6-10-18(17)20/h2-14H,1H3. The van der Waals surface area contributed by atoms with Gasteiger partial charge < -0.3 is 0 Å². The molecule has 2 heteroatoms. The molecule has 21 heavy (non-hydrogen) atoms. The molecule has 1 aromatic heterocycles. The summed E-state index contributed by atoms with van der Waals surface area (Å²) in [7, 11) is 0. The van der Waals surface area contributed by atoms with E-state index in [2.05, 4.69) is 24.0 Å². The molecule has 0 saturated heterocycles. The maximum absolute atomic E-state index is 13.9. The van der Waals surface area contributed by atoms with E-state index < -0.39 is 0 Å². The summed E-state index contributed by atoms with van der Waals surface area (Å²) >= 11 is 0. The topological polar surface area (TPSA) is 12.9 Å². The molecule has 1 atom stereocenters. The predicted octanol–water partition coefficient (Wildman–Crippen LogP) is 5.04. The predicted molar refractivity (Wildman–Crippen MR) is 83.6 cm³/mol. The Morgan fingerprint density at radius 1 is 0.857 bits per heavy atom. The zero-order valence-electron chi connectivity index (χ0n) is 11.8. The third kappa shape index (κ3) is 2.84. The van der Waals surface area contributed by atoms with Crippen LogP contribution >= 0.6 is 0 Å². The van der Waals surface area contributed by atoms with Gasteiger partial charge in [0.05, 0.1) is 5.69 Å². The maximum atomic E-state index is 13.9. The molecule has 3 rings (SSSR count). The van der Waals surface area contributed by atoms with Crippen LogP contribution in [0.15, 0.2) is 72.9 Å². The van der Waals surface area contributed by atoms with Gasteiger partial charge in [0.1, 0.15) is 5.82 Å². The van der Waals surface area contributed by atoms with Crippen molar-refractivity contribution in [3.63, 3.8) is 0 Å². The third-order valence-corrected chi connectivity index (χ3v) is 3.73. The number of hydrogen-bond donors (Lipinski definition) is 0. The van der Waals surface area contributed by atoms with Gasteiger partial charge in [-0.25, -0.2) is 4.39 Å². The summed E-state index contributed by atoms with van der Waals surface area (Å²) in [5.74, 6) is 0.00855. The average molecular weight is 277 g/mol. The minimum atomic E-state index is -0.241. The highest BCUT2D eigenvalue weighted by molar-refractivity contribution is 5.60. The molecular weight excluding hydrogens is 261 g/mol. The Kier molecular flexibility index (Phi) is 3.78. The van der Waals surface area contributed by atoms with Crippen LogP contribution in [0, 0.1) is 5.82 Å². The van der Waals surface area contributed by atoms with E-state index in [1.54, 1.807) is 18.3 Å². The Balaban J connectivity index is 1.99. The van der Waals surface area contributed by atoms with E-state index in [0.717, 1.165) is 5.56 Å². The Hall–Kier alpha value is -2.48. The van der Waals surface area contributed by atoms with Gasteiger partial charge in [-0.1, -0.05) is 49.4 Å². The molecule has 2 aromatic carbocycles. The van der Waals surface area contributed by atoms with Crippen LogP contribution in [-0.4, -0.2) is 4.98 Å². The van der Waals surface area contributed by atoms with Crippen LogP contribution < -0.4 is 0 Å². The summed E-state index contributed by atoms with van der Waals surface area (Å²) in [5.41, 5.74) is 3.59. The van der Waals surface area contributed by atoms with Gasteiger partial charge in [-0.2, -0.15) is 0 Å². The Morgan fingerprint density at radius 3 is 2.33 bits per heavy atom. The molecule has 0 aliphatic carbocycles. The molecule has 0 aliphatic heterocycles. The van der Waals surface area contributed by atoms with Gasteiger partial charge in [0.25, 0.3) is 0 Å². The van der Waals surface area contributed by atoms with Gasteiger partial charge in [-0.3, -0.25) is 4.98 Å². The van der Waals surface area contributed by atoms with Crippen LogP contribution in [0.1, 0.15) is 24.0 Å². The van der Waals surface area contributed by atoms with Crippen molar-refractivity contribution in [2.24, 2.45) is 0 Å². The van der Waals surface area contributed by atoms with Crippen molar-refractivity contribution < 1.29 is 4.39 Å². The van der Waals surface area contributed by atoms with Crippen molar-refractivity contribution in [2.75, 3.05) is 0 Å². The Morgan fingerprint density at radius 2 is 1.57 bits per heavy atom. The fraction of sp³-hybridized carbons (Fsp3) is 0.105. The van der Waals surface area contributed by atoms with Gasteiger partial charge in [0.2, 0.25) is 0 Å². The summed E-state index contributed by atoms with van der Waals surface area (Å²) in [5, 5.41) is 0. The molecule has 1 unspecified atom stereocenters. The lowest BCUT2D eigenvalue weighted by atomic mass is 9.93. The number of hydrogen-bond acceptors (Lipinski definition) is 1. The number of halogens is 1. The van der Waals surface area contributed by atoms with E-state index in [0.29, 0.717) is 11.3 Å². The second kappa shape index (κ2) is 5.88. The van der Waals surface area contributed by atoms with Crippen molar-refractivity contribution in [2.45, 2.75) is 12.8 Å². The number of nitrogens with zero attached hydrogens (tertiary/aromatic N) is 1. The summed E-state index contributed by atoms with van der Waals surface area (Å²) in [6.07, 6.45) is 1.75. The van der Waals surface area contributed by atoms with E-state index in [1.165, 1.54) is 11.6 Å². The number of aromatic nitrogens is 1. The first-order valence-corrected chi connectivity index (χ1v) is 7.01. The van der Waals surface area contributed by atoms with Gasteiger partial charge in [0.15, 0.2) is 0 Å². The first kappa shape index (κ1) is 13.5. The Bertz CT molecular complexity index is 737. The van der Waals surface area contributed by atoms with Gasteiger partial charge >= 0.3 is 0 Å². The zero-order valence-corrected chi connectivity index (χ0v) is 11.8. The van der Waals surface area contributed by atoms with Gasteiger partial charge in [-0.05, 0) is 35.4 Å². The first-order valence-electron chi connectivity index (χ1n) is 7.01. The second-order valence-corrected chi connectivity index (χ2v) is 5.09. The molecule has 0 saturated carbocycles. The summed E-state index contributed by atoms with van der Waals surface area (Å²) in [6.45, 7) is 2.15. The molecule has 104 valence electrons. The minimum absolute atomic E-state index is 0.241. The molecule has 1 nitrogen and oxygen atoms in total. The summed E-state index contributed by atoms with van der Waals surface area (Å²) in [6, 6.07) is 21.0. The van der Waals surface area contributed by atoms with Crippen LogP contribution in [0.25, 0.3) is 11.3 Å². The largest absolute Gasteiger partial charge is 0.256 e. The fourth-order valence-electron chi connectivity index (χ4n) is 2.47. The van der Waals surface area contributed by atoms with E-state index in [-0.39, 0.29) is 11.7 Å². The highest BCUT2D eigenvalue weighted by Crippen LogP contribution is 2.27. The normalized spacial score (nSPS) is 12.1. The van der Waals surface area contributed by atoms with Crippen LogP contribution in [0.3, 0.4) is 0 Å². The van der Waals surface area contributed by atoms with Crippen LogP contribution in [0.4, 0.5) is 4.39 Å². The van der Waals surface area contributed by atoms with Gasteiger partial charge in [0, 0.05) is 17.7 Å². The van der Waals surface area contributed by atoms with Crippen molar-refractivity contribution in [3.8, 4) is 11.3 Å². The highest BCUT2D eigenvalue weighted by Gasteiger charge is 2.11. The SMILES string of the molecule is CC(c1ccccc1)c1ccnc(-c2ccccc2F)c1. The van der Waals surface area contributed by atoms with Gasteiger partial charge in [-0.15, -0.1) is 0 Å².